The van der Waals surface area contributed by atoms with Gasteiger partial charge < -0.3 is 9.15 Å². The number of nitrogens with zero attached hydrogens (tertiary/aromatic N) is 3. The lowest BCUT2D eigenvalue weighted by atomic mass is 10.1. The Labute approximate surface area is 184 Å². The molecule has 160 valence electrons. The molecule has 0 saturated carbocycles. The largest absolute Gasteiger partial charge is 0.493 e. The molecule has 0 amide bonds. The Balaban J connectivity index is 1.42. The van der Waals surface area contributed by atoms with Crippen molar-refractivity contribution >= 4 is 23.1 Å². The summed E-state index contributed by atoms with van der Waals surface area (Å²) in [6.45, 7) is 2.43. The Morgan fingerprint density at radius 3 is 2.58 bits per heavy atom. The number of aromatic nitrogens is 3. The number of halogens is 3. The second-order valence-electron chi connectivity index (χ2n) is 6.31. The van der Waals surface area contributed by atoms with E-state index in [1.54, 1.807) is 0 Å². The van der Waals surface area contributed by atoms with Crippen molar-refractivity contribution in [2.24, 2.45) is 0 Å². The van der Waals surface area contributed by atoms with Crippen LogP contribution in [0.4, 0.5) is 13.2 Å². The van der Waals surface area contributed by atoms with Gasteiger partial charge in [0, 0.05) is 16.7 Å². The molecule has 0 radical (unpaired) electrons. The average Bonchev–Trinajstić information content (AvgIpc) is 3.42. The van der Waals surface area contributed by atoms with Crippen LogP contribution in [-0.2, 0) is 11.9 Å². The van der Waals surface area contributed by atoms with E-state index in [9.17, 15) is 13.2 Å². The number of para-hydroxylation sites is 1. The molecule has 10 heteroatoms. The van der Waals surface area contributed by atoms with E-state index in [1.165, 1.54) is 35.2 Å². The average molecular weight is 464 g/mol. The highest BCUT2D eigenvalue weighted by Gasteiger charge is 2.30. The quantitative estimate of drug-likeness (QED) is 0.289. The number of hydrogen-bond acceptors (Lipinski definition) is 7. The van der Waals surface area contributed by atoms with Crippen LogP contribution >= 0.6 is 23.1 Å². The molecule has 0 spiro atoms. The maximum absolute atomic E-state index is 12.7. The van der Waals surface area contributed by atoms with E-state index in [0.717, 1.165) is 23.4 Å². The van der Waals surface area contributed by atoms with Gasteiger partial charge >= 0.3 is 6.18 Å². The zero-order chi connectivity index (χ0) is 21.8. The summed E-state index contributed by atoms with van der Waals surface area (Å²) in [4.78, 5) is 4.50. The molecule has 0 aliphatic heterocycles. The predicted molar refractivity (Wildman–Crippen MR) is 113 cm³/mol. The van der Waals surface area contributed by atoms with Crippen LogP contribution in [0.1, 0.15) is 18.2 Å². The summed E-state index contributed by atoms with van der Waals surface area (Å²) in [6, 6.07) is 12.4. The van der Waals surface area contributed by atoms with E-state index in [-0.39, 0.29) is 0 Å². The minimum Gasteiger partial charge on any atom is -0.493 e. The molecule has 31 heavy (non-hydrogen) atoms. The Hall–Kier alpha value is -2.85. The van der Waals surface area contributed by atoms with Gasteiger partial charge in [-0.2, -0.15) is 13.2 Å². The summed E-state index contributed by atoms with van der Waals surface area (Å²) in [7, 11) is 0. The van der Waals surface area contributed by atoms with Crippen LogP contribution in [0.15, 0.2) is 63.6 Å². The van der Waals surface area contributed by atoms with Gasteiger partial charge in [-0.15, -0.1) is 21.5 Å². The van der Waals surface area contributed by atoms with Gasteiger partial charge in [-0.05, 0) is 31.2 Å². The van der Waals surface area contributed by atoms with Crippen molar-refractivity contribution in [2.75, 3.05) is 6.61 Å². The van der Waals surface area contributed by atoms with Crippen molar-refractivity contribution in [3.05, 3.63) is 65.2 Å². The SMILES string of the molecule is CCOc1ccccc1-c1nnc(SCc2csc(-c3ccc(C(F)(F)F)cc3)n2)o1. The molecule has 0 aliphatic carbocycles. The van der Waals surface area contributed by atoms with Gasteiger partial charge in [0.1, 0.15) is 10.8 Å². The number of hydrogen-bond donors (Lipinski definition) is 0. The van der Waals surface area contributed by atoms with Crippen LogP contribution in [0.2, 0.25) is 0 Å². The van der Waals surface area contributed by atoms with Crippen LogP contribution in [0.5, 0.6) is 5.75 Å². The van der Waals surface area contributed by atoms with Crippen LogP contribution in [0, 0.1) is 0 Å². The van der Waals surface area contributed by atoms with Crippen molar-refractivity contribution in [3.8, 4) is 27.8 Å². The molecule has 2 heterocycles. The number of ether oxygens (including phenoxy) is 1. The van der Waals surface area contributed by atoms with Crippen molar-refractivity contribution in [2.45, 2.75) is 24.1 Å². The van der Waals surface area contributed by atoms with Crippen LogP contribution in [-0.4, -0.2) is 21.8 Å². The summed E-state index contributed by atoms with van der Waals surface area (Å²) in [6.07, 6.45) is -4.35. The first-order valence-electron chi connectivity index (χ1n) is 9.24. The summed E-state index contributed by atoms with van der Waals surface area (Å²) in [5.41, 5.74) is 1.46. The molecule has 0 unspecified atom stereocenters. The fraction of sp³-hybridized carbons (Fsp3) is 0.190. The Morgan fingerprint density at radius 1 is 1.06 bits per heavy atom. The molecule has 4 rings (SSSR count). The van der Waals surface area contributed by atoms with E-state index in [2.05, 4.69) is 15.2 Å². The van der Waals surface area contributed by atoms with E-state index in [0.29, 0.717) is 39.8 Å². The van der Waals surface area contributed by atoms with Gasteiger partial charge in [-0.25, -0.2) is 4.98 Å². The molecule has 5 nitrogen and oxygen atoms in total. The minimum atomic E-state index is -4.35. The smallest absolute Gasteiger partial charge is 0.416 e. The fourth-order valence-electron chi connectivity index (χ4n) is 2.74. The molecule has 0 fully saturated rings. The minimum absolute atomic E-state index is 0.371. The Morgan fingerprint density at radius 2 is 1.84 bits per heavy atom. The Bertz CT molecular complexity index is 1160. The number of alkyl halides is 3. The molecule has 0 atom stereocenters. The number of thioether (sulfide) groups is 1. The third kappa shape index (κ3) is 5.08. The summed E-state index contributed by atoms with van der Waals surface area (Å²) in [5, 5.41) is 11.1. The topological polar surface area (TPSA) is 61.0 Å². The number of rotatable bonds is 7. The second kappa shape index (κ2) is 9.11. The van der Waals surface area contributed by atoms with Gasteiger partial charge in [0.2, 0.25) is 0 Å². The van der Waals surface area contributed by atoms with Crippen molar-refractivity contribution < 1.29 is 22.3 Å². The number of benzene rings is 2. The Kier molecular flexibility index (Phi) is 6.28. The molecule has 2 aromatic heterocycles. The molecule has 0 aliphatic rings. The van der Waals surface area contributed by atoms with Crippen molar-refractivity contribution in [1.82, 2.24) is 15.2 Å². The highest BCUT2D eigenvalue weighted by Crippen LogP contribution is 2.34. The first-order valence-corrected chi connectivity index (χ1v) is 11.1. The normalized spacial score (nSPS) is 11.6. The maximum atomic E-state index is 12.7. The van der Waals surface area contributed by atoms with E-state index in [1.807, 2.05) is 36.6 Å². The molecule has 0 N–H and O–H groups in total. The van der Waals surface area contributed by atoms with E-state index in [4.69, 9.17) is 9.15 Å². The van der Waals surface area contributed by atoms with Gasteiger partial charge in [-0.1, -0.05) is 36.0 Å². The van der Waals surface area contributed by atoms with Crippen LogP contribution in [0.3, 0.4) is 0 Å². The molecular formula is C21H16F3N3O2S2. The zero-order valence-corrected chi connectivity index (χ0v) is 17.9. The summed E-state index contributed by atoms with van der Waals surface area (Å²) < 4.78 is 49.5. The molecule has 0 saturated heterocycles. The monoisotopic (exact) mass is 463 g/mol. The van der Waals surface area contributed by atoms with E-state index >= 15 is 0 Å². The first kappa shape index (κ1) is 21.4. The predicted octanol–water partition coefficient (Wildman–Crippen LogP) is 6.57. The molecule has 4 aromatic rings. The lowest BCUT2D eigenvalue weighted by Gasteiger charge is -2.06. The first-order chi connectivity index (χ1) is 14.9. The van der Waals surface area contributed by atoms with Gasteiger partial charge in [0.05, 0.1) is 23.4 Å². The van der Waals surface area contributed by atoms with Gasteiger partial charge in [0.15, 0.2) is 0 Å². The van der Waals surface area contributed by atoms with Crippen LogP contribution < -0.4 is 4.74 Å². The lowest BCUT2D eigenvalue weighted by molar-refractivity contribution is -0.137. The summed E-state index contributed by atoms with van der Waals surface area (Å²) in [5.74, 6) is 1.53. The highest BCUT2D eigenvalue weighted by atomic mass is 32.2. The standard InChI is InChI=1S/C21H16F3N3O2S2/c1-2-28-17-6-4-3-5-16(17)18-26-27-20(29-18)31-12-15-11-30-19(25-15)13-7-9-14(10-8-13)21(22,23)24/h3-11H,2,12H2,1H3. The molecular weight excluding hydrogens is 447 g/mol. The third-order valence-corrected chi connectivity index (χ3v) is 5.97. The number of thiazole rings is 1. The van der Waals surface area contributed by atoms with E-state index < -0.39 is 11.7 Å². The van der Waals surface area contributed by atoms with Crippen molar-refractivity contribution in [3.63, 3.8) is 0 Å². The molecule has 0 bridgehead atoms. The molecule has 2 aromatic carbocycles. The lowest BCUT2D eigenvalue weighted by Crippen LogP contribution is -2.03. The third-order valence-electron chi connectivity index (χ3n) is 4.18. The van der Waals surface area contributed by atoms with Gasteiger partial charge in [0.25, 0.3) is 11.1 Å². The fourth-order valence-corrected chi connectivity index (χ4v) is 4.33. The zero-order valence-electron chi connectivity index (χ0n) is 16.2. The summed E-state index contributed by atoms with van der Waals surface area (Å²) >= 11 is 2.71. The van der Waals surface area contributed by atoms with Crippen molar-refractivity contribution in [1.29, 1.82) is 0 Å². The highest BCUT2D eigenvalue weighted by molar-refractivity contribution is 7.98. The van der Waals surface area contributed by atoms with Gasteiger partial charge in [-0.3, -0.25) is 0 Å². The second-order valence-corrected chi connectivity index (χ2v) is 8.09. The van der Waals surface area contributed by atoms with Crippen LogP contribution in [0.25, 0.3) is 22.0 Å². The maximum Gasteiger partial charge on any atom is 0.416 e.